The second-order valence-electron chi connectivity index (χ2n) is 3.04. The smallest absolute Gasteiger partial charge is 0.333 e. The number of ether oxygens (including phenoxy) is 2. The zero-order valence-electron chi connectivity index (χ0n) is 8.99. The molecule has 80 valence electrons. The summed E-state index contributed by atoms with van der Waals surface area (Å²) in [7, 11) is 2.67. The first-order chi connectivity index (χ1) is 6.52. The van der Waals surface area contributed by atoms with Crippen LogP contribution in [-0.4, -0.2) is 26.2 Å². The van der Waals surface area contributed by atoms with E-state index in [0.717, 1.165) is 0 Å². The van der Waals surface area contributed by atoms with Crippen molar-refractivity contribution in [2.75, 3.05) is 14.2 Å². The van der Waals surface area contributed by atoms with Crippen molar-refractivity contribution in [3.05, 3.63) is 11.6 Å². The van der Waals surface area contributed by atoms with Crippen LogP contribution in [0.4, 0.5) is 0 Å². The second-order valence-corrected chi connectivity index (χ2v) is 3.04. The molecule has 14 heavy (non-hydrogen) atoms. The van der Waals surface area contributed by atoms with Gasteiger partial charge < -0.3 is 9.47 Å². The molecular formula is C10H16O4. The highest BCUT2D eigenvalue weighted by Gasteiger charge is 2.12. The van der Waals surface area contributed by atoms with Crippen molar-refractivity contribution < 1.29 is 19.1 Å². The molecule has 4 heteroatoms. The number of methoxy groups -OCH3 is 2. The van der Waals surface area contributed by atoms with Crippen LogP contribution in [-0.2, 0) is 19.1 Å². The molecule has 0 saturated carbocycles. The summed E-state index contributed by atoms with van der Waals surface area (Å²) in [6.45, 7) is 3.39. The quantitative estimate of drug-likeness (QED) is 0.507. The molecular weight excluding hydrogens is 184 g/mol. The number of rotatable bonds is 4. The van der Waals surface area contributed by atoms with Crippen LogP contribution in [0.2, 0.25) is 0 Å². The first-order valence-electron chi connectivity index (χ1n) is 4.35. The molecule has 0 aliphatic heterocycles. The molecule has 0 fully saturated rings. The maximum Gasteiger partial charge on any atom is 0.333 e. The van der Waals surface area contributed by atoms with Crippen LogP contribution >= 0.6 is 0 Å². The van der Waals surface area contributed by atoms with Crippen molar-refractivity contribution >= 4 is 11.9 Å². The number of hydrogen-bond donors (Lipinski definition) is 0. The molecule has 0 saturated heterocycles. The van der Waals surface area contributed by atoms with E-state index in [0.29, 0.717) is 12.0 Å². The summed E-state index contributed by atoms with van der Waals surface area (Å²) in [6, 6.07) is 0. The normalized spacial score (nSPS) is 13.3. The maximum absolute atomic E-state index is 11.0. The van der Waals surface area contributed by atoms with Crippen LogP contribution in [0.5, 0.6) is 0 Å². The number of hydrogen-bond acceptors (Lipinski definition) is 4. The standard InChI is InChI=1S/C10H16O4/c1-7(9(11)13-3)5-6-8(2)10(12)14-4/h5,8H,6H2,1-4H3. The number of allylic oxidation sites excluding steroid dienone is 1. The van der Waals surface area contributed by atoms with Gasteiger partial charge in [0.2, 0.25) is 0 Å². The second kappa shape index (κ2) is 6.18. The monoisotopic (exact) mass is 200 g/mol. The summed E-state index contributed by atoms with van der Waals surface area (Å²) in [5.74, 6) is -0.888. The third-order valence-electron chi connectivity index (χ3n) is 1.89. The molecule has 0 aliphatic rings. The summed E-state index contributed by atoms with van der Waals surface area (Å²) in [6.07, 6.45) is 2.15. The molecule has 4 nitrogen and oxygen atoms in total. The van der Waals surface area contributed by atoms with Gasteiger partial charge in [0.1, 0.15) is 0 Å². The van der Waals surface area contributed by atoms with E-state index < -0.39 is 0 Å². The van der Waals surface area contributed by atoms with Crippen molar-refractivity contribution in [2.45, 2.75) is 20.3 Å². The van der Waals surface area contributed by atoms with E-state index >= 15 is 0 Å². The molecule has 0 heterocycles. The van der Waals surface area contributed by atoms with Crippen LogP contribution in [0.15, 0.2) is 11.6 Å². The van der Waals surface area contributed by atoms with Crippen molar-refractivity contribution in [3.63, 3.8) is 0 Å². The fraction of sp³-hybridized carbons (Fsp3) is 0.600. The van der Waals surface area contributed by atoms with Gasteiger partial charge in [-0.1, -0.05) is 13.0 Å². The van der Waals surface area contributed by atoms with E-state index in [-0.39, 0.29) is 17.9 Å². The lowest BCUT2D eigenvalue weighted by Gasteiger charge is -2.06. The molecule has 0 aromatic heterocycles. The lowest BCUT2D eigenvalue weighted by atomic mass is 10.1. The molecule has 0 aromatic rings. The minimum absolute atomic E-state index is 0.236. The van der Waals surface area contributed by atoms with Crippen LogP contribution in [0.25, 0.3) is 0 Å². The third-order valence-corrected chi connectivity index (χ3v) is 1.89. The highest BCUT2D eigenvalue weighted by Crippen LogP contribution is 2.08. The average Bonchev–Trinajstić information content (AvgIpc) is 2.22. The molecule has 0 aliphatic carbocycles. The molecule has 0 radical (unpaired) electrons. The topological polar surface area (TPSA) is 52.6 Å². The summed E-state index contributed by atoms with van der Waals surface area (Å²) in [5, 5.41) is 0. The Balaban J connectivity index is 4.15. The van der Waals surface area contributed by atoms with Crippen LogP contribution in [0.1, 0.15) is 20.3 Å². The van der Waals surface area contributed by atoms with E-state index in [4.69, 9.17) is 0 Å². The Morgan fingerprint density at radius 1 is 1.29 bits per heavy atom. The summed E-state index contributed by atoms with van der Waals surface area (Å²) in [4.78, 5) is 22.0. The van der Waals surface area contributed by atoms with Crippen molar-refractivity contribution in [3.8, 4) is 0 Å². The molecule has 0 amide bonds. The molecule has 0 rings (SSSR count). The summed E-state index contributed by atoms with van der Waals surface area (Å²) >= 11 is 0. The first kappa shape index (κ1) is 12.7. The van der Waals surface area contributed by atoms with E-state index in [1.165, 1.54) is 14.2 Å². The van der Waals surface area contributed by atoms with Crippen molar-refractivity contribution in [1.29, 1.82) is 0 Å². The largest absolute Gasteiger partial charge is 0.469 e. The number of carbonyl (C=O) groups excluding carboxylic acids is 2. The van der Waals surface area contributed by atoms with Gasteiger partial charge in [-0.2, -0.15) is 0 Å². The minimum Gasteiger partial charge on any atom is -0.469 e. The summed E-state index contributed by atoms with van der Waals surface area (Å²) in [5.41, 5.74) is 0.503. The van der Waals surface area contributed by atoms with Gasteiger partial charge in [0.25, 0.3) is 0 Å². The van der Waals surface area contributed by atoms with Gasteiger partial charge in [-0.05, 0) is 13.3 Å². The van der Waals surface area contributed by atoms with Crippen molar-refractivity contribution in [2.24, 2.45) is 5.92 Å². The highest BCUT2D eigenvalue weighted by atomic mass is 16.5. The van der Waals surface area contributed by atoms with E-state index in [2.05, 4.69) is 9.47 Å². The molecule has 0 N–H and O–H groups in total. The molecule has 1 unspecified atom stereocenters. The van der Waals surface area contributed by atoms with Gasteiger partial charge in [0, 0.05) is 5.57 Å². The number of carbonyl (C=O) groups is 2. The van der Waals surface area contributed by atoms with Gasteiger partial charge in [-0.15, -0.1) is 0 Å². The lowest BCUT2D eigenvalue weighted by molar-refractivity contribution is -0.144. The fourth-order valence-corrected chi connectivity index (χ4v) is 0.895. The van der Waals surface area contributed by atoms with Gasteiger partial charge in [0.05, 0.1) is 20.1 Å². The van der Waals surface area contributed by atoms with Crippen LogP contribution in [0, 0.1) is 5.92 Å². The van der Waals surface area contributed by atoms with E-state index in [1.54, 1.807) is 19.9 Å². The first-order valence-corrected chi connectivity index (χ1v) is 4.35. The zero-order valence-corrected chi connectivity index (χ0v) is 8.99. The Labute approximate surface area is 83.9 Å². The van der Waals surface area contributed by atoms with E-state index in [1.807, 2.05) is 0 Å². The minimum atomic E-state index is -0.373. The van der Waals surface area contributed by atoms with Crippen LogP contribution in [0.3, 0.4) is 0 Å². The Morgan fingerprint density at radius 3 is 2.29 bits per heavy atom. The van der Waals surface area contributed by atoms with Gasteiger partial charge >= 0.3 is 11.9 Å². The predicted molar refractivity (Wildman–Crippen MR) is 51.6 cm³/mol. The van der Waals surface area contributed by atoms with Crippen molar-refractivity contribution in [1.82, 2.24) is 0 Å². The number of esters is 2. The molecule has 0 bridgehead atoms. The van der Waals surface area contributed by atoms with Crippen LogP contribution < -0.4 is 0 Å². The maximum atomic E-state index is 11.0. The SMILES string of the molecule is COC(=O)C(C)=CCC(C)C(=O)OC. The fourth-order valence-electron chi connectivity index (χ4n) is 0.895. The summed E-state index contributed by atoms with van der Waals surface area (Å²) < 4.78 is 9.05. The predicted octanol–water partition coefficient (Wildman–Crippen LogP) is 1.30. The highest BCUT2D eigenvalue weighted by molar-refractivity contribution is 5.87. The Morgan fingerprint density at radius 2 is 1.86 bits per heavy atom. The zero-order chi connectivity index (χ0) is 11.1. The Hall–Kier alpha value is -1.32. The molecule has 1 atom stereocenters. The average molecular weight is 200 g/mol. The lowest BCUT2D eigenvalue weighted by Crippen LogP contribution is -2.12. The third kappa shape index (κ3) is 4.07. The van der Waals surface area contributed by atoms with Gasteiger partial charge in [-0.25, -0.2) is 4.79 Å². The Kier molecular flexibility index (Phi) is 5.60. The Bertz CT molecular complexity index is 243. The molecule has 0 aromatic carbocycles. The molecule has 0 spiro atoms. The van der Waals surface area contributed by atoms with Gasteiger partial charge in [0.15, 0.2) is 0 Å². The van der Waals surface area contributed by atoms with E-state index in [9.17, 15) is 9.59 Å². The van der Waals surface area contributed by atoms with Gasteiger partial charge in [-0.3, -0.25) is 4.79 Å².